The third-order valence-corrected chi connectivity index (χ3v) is 6.79. The van der Waals surface area contributed by atoms with Crippen molar-refractivity contribution in [1.82, 2.24) is 15.1 Å². The van der Waals surface area contributed by atoms with Crippen molar-refractivity contribution >= 4 is 39.5 Å². The van der Waals surface area contributed by atoms with Crippen LogP contribution in [-0.4, -0.2) is 46.4 Å². The molecule has 1 amide bonds. The normalized spacial score (nSPS) is 20.8. The first-order valence-electron chi connectivity index (χ1n) is 9.12. The molecule has 6 nitrogen and oxygen atoms in total. The number of Topliss-reactive ketones (excluding diaryl/α,β-unsaturated/α-hetero) is 1. The van der Waals surface area contributed by atoms with Gasteiger partial charge in [0.25, 0.3) is 0 Å². The van der Waals surface area contributed by atoms with Crippen LogP contribution in [0.3, 0.4) is 0 Å². The van der Waals surface area contributed by atoms with E-state index >= 15 is 0 Å². The average Bonchev–Trinajstić information content (AvgIpc) is 3.16. The predicted octanol–water partition coefficient (Wildman–Crippen LogP) is 3.40. The molecule has 1 N–H and O–H groups in total. The lowest BCUT2D eigenvalue weighted by molar-refractivity contribution is -0.116. The van der Waals surface area contributed by atoms with E-state index in [-0.39, 0.29) is 17.6 Å². The molecule has 0 radical (unpaired) electrons. The predicted molar refractivity (Wildman–Crippen MR) is 103 cm³/mol. The highest BCUT2D eigenvalue weighted by Gasteiger charge is 2.28. The van der Waals surface area contributed by atoms with Crippen LogP contribution < -0.4 is 5.32 Å². The number of carbonyl (C=O) groups excluding carboxylic acids is 2. The number of amides is 1. The third kappa shape index (κ3) is 4.36. The standard InChI is InChI=1S/C18H22N4O2S2/c23-15(19-18-21-20-17(26-18)12-5-6-12)7-9-22-8-1-3-13(11-22)16(24)14-4-2-10-25-14/h2,4,10,12-13H,1,3,5-9,11H2,(H,19,21,23)/t13-/m0/s1. The highest BCUT2D eigenvalue weighted by Crippen LogP contribution is 2.42. The molecule has 2 aromatic heterocycles. The summed E-state index contributed by atoms with van der Waals surface area (Å²) in [5, 5.41) is 14.6. The minimum absolute atomic E-state index is 0.0322. The molecule has 26 heavy (non-hydrogen) atoms. The summed E-state index contributed by atoms with van der Waals surface area (Å²) in [4.78, 5) is 27.8. The molecule has 1 atom stereocenters. The van der Waals surface area contributed by atoms with Gasteiger partial charge in [0.15, 0.2) is 5.78 Å². The maximum Gasteiger partial charge on any atom is 0.227 e. The summed E-state index contributed by atoms with van der Waals surface area (Å²) in [7, 11) is 0. The molecular formula is C18H22N4O2S2. The zero-order chi connectivity index (χ0) is 17.9. The second-order valence-electron chi connectivity index (χ2n) is 7.00. The molecule has 0 bridgehead atoms. The van der Waals surface area contributed by atoms with E-state index in [1.54, 1.807) is 0 Å². The molecule has 138 valence electrons. The molecular weight excluding hydrogens is 368 g/mol. The summed E-state index contributed by atoms with van der Waals surface area (Å²) >= 11 is 2.99. The van der Waals surface area contributed by atoms with E-state index in [0.717, 1.165) is 35.8 Å². The van der Waals surface area contributed by atoms with E-state index in [4.69, 9.17) is 0 Å². The molecule has 0 unspecified atom stereocenters. The number of nitrogens with one attached hydrogen (secondary N) is 1. The summed E-state index contributed by atoms with van der Waals surface area (Å²) in [5.74, 6) is 0.824. The lowest BCUT2D eigenvalue weighted by atomic mass is 9.93. The summed E-state index contributed by atoms with van der Waals surface area (Å²) in [6.45, 7) is 2.37. The van der Waals surface area contributed by atoms with Gasteiger partial charge in [-0.15, -0.1) is 21.5 Å². The molecule has 1 saturated heterocycles. The Kier molecular flexibility index (Phi) is 5.42. The Morgan fingerprint density at radius 1 is 1.27 bits per heavy atom. The van der Waals surface area contributed by atoms with Gasteiger partial charge in [-0.3, -0.25) is 9.59 Å². The van der Waals surface area contributed by atoms with Crippen LogP contribution in [0, 0.1) is 5.92 Å². The van der Waals surface area contributed by atoms with Crippen molar-refractivity contribution in [1.29, 1.82) is 0 Å². The Labute approximate surface area is 160 Å². The molecule has 1 saturated carbocycles. The van der Waals surface area contributed by atoms with Gasteiger partial charge in [0, 0.05) is 31.3 Å². The number of ketones is 1. The van der Waals surface area contributed by atoms with Crippen molar-refractivity contribution in [2.45, 2.75) is 38.0 Å². The highest BCUT2D eigenvalue weighted by atomic mass is 32.1. The van der Waals surface area contributed by atoms with E-state index in [1.807, 2.05) is 17.5 Å². The fourth-order valence-electron chi connectivity index (χ4n) is 3.31. The lowest BCUT2D eigenvalue weighted by Gasteiger charge is -2.31. The van der Waals surface area contributed by atoms with Gasteiger partial charge in [-0.1, -0.05) is 17.4 Å². The van der Waals surface area contributed by atoms with E-state index in [2.05, 4.69) is 20.4 Å². The fraction of sp³-hybridized carbons (Fsp3) is 0.556. The van der Waals surface area contributed by atoms with Crippen LogP contribution >= 0.6 is 22.7 Å². The van der Waals surface area contributed by atoms with Crippen LogP contribution in [0.15, 0.2) is 17.5 Å². The largest absolute Gasteiger partial charge is 0.302 e. The van der Waals surface area contributed by atoms with Gasteiger partial charge in [0.05, 0.1) is 4.88 Å². The smallest absolute Gasteiger partial charge is 0.227 e. The van der Waals surface area contributed by atoms with Crippen molar-refractivity contribution < 1.29 is 9.59 Å². The van der Waals surface area contributed by atoms with E-state index in [9.17, 15) is 9.59 Å². The summed E-state index contributed by atoms with van der Waals surface area (Å²) in [6, 6.07) is 3.82. The molecule has 2 aliphatic rings. The molecule has 2 aromatic rings. The van der Waals surface area contributed by atoms with Crippen LogP contribution in [0.25, 0.3) is 0 Å². The zero-order valence-electron chi connectivity index (χ0n) is 14.5. The molecule has 0 aromatic carbocycles. The quantitative estimate of drug-likeness (QED) is 0.734. The Bertz CT molecular complexity index is 770. The second kappa shape index (κ2) is 7.94. The van der Waals surface area contributed by atoms with Gasteiger partial charge in [-0.05, 0) is 43.7 Å². The number of aromatic nitrogens is 2. The number of piperidine rings is 1. The second-order valence-corrected chi connectivity index (χ2v) is 8.96. The molecule has 0 spiro atoms. The number of anilines is 1. The van der Waals surface area contributed by atoms with Gasteiger partial charge >= 0.3 is 0 Å². The van der Waals surface area contributed by atoms with Crippen molar-refractivity contribution in [3.8, 4) is 0 Å². The first-order valence-corrected chi connectivity index (χ1v) is 10.8. The number of rotatable bonds is 7. The first kappa shape index (κ1) is 17.8. The molecule has 1 aliphatic carbocycles. The van der Waals surface area contributed by atoms with Crippen LogP contribution in [-0.2, 0) is 4.79 Å². The highest BCUT2D eigenvalue weighted by molar-refractivity contribution is 7.15. The van der Waals surface area contributed by atoms with Crippen LogP contribution in [0.1, 0.15) is 52.7 Å². The number of likely N-dealkylation sites (tertiary alicyclic amines) is 1. The SMILES string of the molecule is O=C(CCN1CCC[C@H](C(=O)c2cccs2)C1)Nc1nnc(C2CC2)s1. The Morgan fingerprint density at radius 2 is 2.15 bits per heavy atom. The van der Waals surface area contributed by atoms with Gasteiger partial charge < -0.3 is 10.2 Å². The topological polar surface area (TPSA) is 75.2 Å². The minimum atomic E-state index is -0.0322. The van der Waals surface area contributed by atoms with Gasteiger partial charge in [0.1, 0.15) is 5.01 Å². The molecule has 2 fully saturated rings. The van der Waals surface area contributed by atoms with Gasteiger partial charge in [-0.2, -0.15) is 0 Å². The molecule has 1 aliphatic heterocycles. The monoisotopic (exact) mass is 390 g/mol. The Morgan fingerprint density at radius 3 is 2.92 bits per heavy atom. The van der Waals surface area contributed by atoms with Crippen molar-refractivity contribution in [3.05, 3.63) is 27.4 Å². The first-order chi connectivity index (χ1) is 12.7. The van der Waals surface area contributed by atoms with Gasteiger partial charge in [0.2, 0.25) is 11.0 Å². The molecule has 8 heteroatoms. The maximum absolute atomic E-state index is 12.5. The van der Waals surface area contributed by atoms with E-state index < -0.39 is 0 Å². The number of hydrogen-bond acceptors (Lipinski definition) is 7. The minimum Gasteiger partial charge on any atom is -0.302 e. The number of thiophene rings is 1. The van der Waals surface area contributed by atoms with Crippen molar-refractivity contribution in [2.24, 2.45) is 5.92 Å². The van der Waals surface area contributed by atoms with Crippen LogP contribution in [0.5, 0.6) is 0 Å². The van der Waals surface area contributed by atoms with Gasteiger partial charge in [-0.25, -0.2) is 0 Å². The number of carbonyl (C=O) groups is 2. The molecule has 4 rings (SSSR count). The van der Waals surface area contributed by atoms with Crippen LogP contribution in [0.2, 0.25) is 0 Å². The average molecular weight is 391 g/mol. The Hall–Kier alpha value is -1.64. The van der Waals surface area contributed by atoms with E-state index in [1.165, 1.54) is 35.5 Å². The summed E-state index contributed by atoms with van der Waals surface area (Å²) in [5.41, 5.74) is 0. The lowest BCUT2D eigenvalue weighted by Crippen LogP contribution is -2.40. The molecule has 3 heterocycles. The van der Waals surface area contributed by atoms with Crippen molar-refractivity contribution in [2.75, 3.05) is 25.0 Å². The third-order valence-electron chi connectivity index (χ3n) is 4.91. The maximum atomic E-state index is 12.5. The van der Waals surface area contributed by atoms with E-state index in [0.29, 0.717) is 24.0 Å². The fourth-order valence-corrected chi connectivity index (χ4v) is 4.99. The zero-order valence-corrected chi connectivity index (χ0v) is 16.2. The van der Waals surface area contributed by atoms with Crippen molar-refractivity contribution in [3.63, 3.8) is 0 Å². The number of nitrogens with zero attached hydrogens (tertiary/aromatic N) is 3. The Balaban J connectivity index is 1.24. The van der Waals surface area contributed by atoms with Crippen LogP contribution in [0.4, 0.5) is 5.13 Å². The summed E-state index contributed by atoms with van der Waals surface area (Å²) < 4.78 is 0. The number of hydrogen-bond donors (Lipinski definition) is 1. The summed E-state index contributed by atoms with van der Waals surface area (Å²) in [6.07, 6.45) is 4.72.